The minimum Gasteiger partial charge on any atom is -0.502 e. The van der Waals surface area contributed by atoms with Gasteiger partial charge in [0.25, 0.3) is 11.4 Å². The fraction of sp³-hybridized carbons (Fsp3) is 0.0476. The van der Waals surface area contributed by atoms with Gasteiger partial charge < -0.3 is 15.2 Å². The van der Waals surface area contributed by atoms with Crippen molar-refractivity contribution in [2.75, 3.05) is 12.4 Å². The quantitative estimate of drug-likeness (QED) is 0.159. The van der Waals surface area contributed by atoms with Crippen molar-refractivity contribution in [3.63, 3.8) is 0 Å². The molecule has 0 radical (unpaired) electrons. The van der Waals surface area contributed by atoms with Crippen LogP contribution in [0.1, 0.15) is 5.56 Å². The van der Waals surface area contributed by atoms with Gasteiger partial charge in [0.1, 0.15) is 5.75 Å². The number of nitro groups is 1. The molecule has 3 rings (SSSR count). The second kappa shape index (κ2) is 8.94. The van der Waals surface area contributed by atoms with Crippen molar-refractivity contribution in [3.8, 4) is 5.75 Å². The predicted molar refractivity (Wildman–Crippen MR) is 115 cm³/mol. The van der Waals surface area contributed by atoms with Crippen LogP contribution in [0.15, 0.2) is 79.1 Å². The number of hydrogen-bond donors (Lipinski definition) is 2. The molecule has 146 valence electrons. The van der Waals surface area contributed by atoms with Crippen molar-refractivity contribution < 1.29 is 19.3 Å². The first kappa shape index (κ1) is 20.0. The maximum atomic E-state index is 10.9. The zero-order valence-corrected chi connectivity index (χ0v) is 16.3. The number of aromatic nitrogens is 1. The highest BCUT2D eigenvalue weighted by Crippen LogP contribution is 2.23. The molecule has 0 amide bonds. The van der Waals surface area contributed by atoms with Gasteiger partial charge in [-0.05, 0) is 24.3 Å². The number of benzene rings is 2. The van der Waals surface area contributed by atoms with Crippen LogP contribution >= 0.6 is 12.2 Å². The van der Waals surface area contributed by atoms with Gasteiger partial charge in [-0.3, -0.25) is 10.1 Å². The van der Waals surface area contributed by atoms with Crippen LogP contribution in [0.4, 0.5) is 11.4 Å². The first-order valence-electron chi connectivity index (χ1n) is 8.59. The molecule has 0 aliphatic carbocycles. The molecular formula is C21H18N3O4S+. The van der Waals surface area contributed by atoms with E-state index in [4.69, 9.17) is 17.0 Å². The lowest BCUT2D eigenvalue weighted by molar-refractivity contribution is -0.575. The van der Waals surface area contributed by atoms with Gasteiger partial charge in [0.2, 0.25) is 0 Å². The third-order valence-electron chi connectivity index (χ3n) is 4.09. The molecule has 8 heteroatoms. The predicted octanol–water partition coefficient (Wildman–Crippen LogP) is 4.21. The number of aliphatic hydroxyl groups excluding tert-OH is 1. The third-order valence-corrected chi connectivity index (χ3v) is 4.39. The molecule has 29 heavy (non-hydrogen) atoms. The maximum Gasteiger partial charge on any atom is 0.288 e. The molecule has 0 atom stereocenters. The van der Waals surface area contributed by atoms with Crippen LogP contribution in [0.3, 0.4) is 0 Å². The molecule has 0 fully saturated rings. The van der Waals surface area contributed by atoms with Crippen molar-refractivity contribution in [2.24, 2.45) is 0 Å². The van der Waals surface area contributed by atoms with E-state index in [1.807, 2.05) is 24.3 Å². The summed E-state index contributed by atoms with van der Waals surface area (Å²) in [6.45, 7) is 0. The fourth-order valence-corrected chi connectivity index (χ4v) is 2.98. The van der Waals surface area contributed by atoms with E-state index in [0.29, 0.717) is 22.7 Å². The van der Waals surface area contributed by atoms with Crippen LogP contribution in [0.2, 0.25) is 0 Å². The number of rotatable bonds is 6. The van der Waals surface area contributed by atoms with Gasteiger partial charge in [0, 0.05) is 41.6 Å². The Labute approximate surface area is 172 Å². The Morgan fingerprint density at radius 2 is 1.79 bits per heavy atom. The van der Waals surface area contributed by atoms with E-state index in [2.05, 4.69) is 5.32 Å². The van der Waals surface area contributed by atoms with E-state index in [1.165, 1.54) is 24.3 Å². The van der Waals surface area contributed by atoms with Crippen LogP contribution in [0, 0.1) is 10.1 Å². The second-order valence-corrected chi connectivity index (χ2v) is 6.38. The highest BCUT2D eigenvalue weighted by atomic mass is 32.1. The van der Waals surface area contributed by atoms with Gasteiger partial charge in [-0.15, -0.1) is 0 Å². The minimum absolute atomic E-state index is 0.0625. The van der Waals surface area contributed by atoms with Gasteiger partial charge >= 0.3 is 0 Å². The number of anilines is 1. The molecule has 7 nitrogen and oxygen atoms in total. The van der Waals surface area contributed by atoms with Gasteiger partial charge in [-0.1, -0.05) is 24.4 Å². The molecule has 0 aliphatic heterocycles. The Morgan fingerprint density at radius 3 is 2.41 bits per heavy atom. The van der Waals surface area contributed by atoms with Gasteiger partial charge in [-0.25, -0.2) is 0 Å². The molecule has 0 saturated carbocycles. The summed E-state index contributed by atoms with van der Waals surface area (Å²) in [4.78, 5) is 10.7. The summed E-state index contributed by atoms with van der Waals surface area (Å²) in [6.07, 6.45) is 3.49. The molecule has 0 bridgehead atoms. The molecule has 2 aromatic carbocycles. The van der Waals surface area contributed by atoms with Crippen molar-refractivity contribution in [1.82, 2.24) is 0 Å². The molecular weight excluding hydrogens is 390 g/mol. The Kier molecular flexibility index (Phi) is 6.16. The Balaban J connectivity index is 2.03. The normalized spacial score (nSPS) is 11.3. The number of methoxy groups -OCH3 is 1. The Hall–Kier alpha value is -3.78. The Morgan fingerprint density at radius 1 is 1.10 bits per heavy atom. The van der Waals surface area contributed by atoms with Crippen molar-refractivity contribution in [3.05, 3.63) is 94.8 Å². The fourth-order valence-electron chi connectivity index (χ4n) is 2.66. The van der Waals surface area contributed by atoms with E-state index in [0.717, 1.165) is 0 Å². The molecule has 0 aliphatic rings. The summed E-state index contributed by atoms with van der Waals surface area (Å²) < 4.78 is 6.90. The maximum absolute atomic E-state index is 10.9. The number of thiocarbonyl (C=S) groups is 1. The molecule has 1 heterocycles. The summed E-state index contributed by atoms with van der Waals surface area (Å²) in [5.74, 6) is 0.548. The minimum atomic E-state index is -0.494. The average molecular weight is 408 g/mol. The van der Waals surface area contributed by atoms with Crippen LogP contribution in [-0.2, 0) is 0 Å². The van der Waals surface area contributed by atoms with E-state index in [-0.39, 0.29) is 16.4 Å². The lowest BCUT2D eigenvalue weighted by Crippen LogP contribution is -2.38. The number of pyridine rings is 1. The molecule has 2 N–H and O–H groups in total. The molecule has 1 aromatic heterocycles. The third kappa shape index (κ3) is 4.74. The van der Waals surface area contributed by atoms with Crippen LogP contribution in [-0.4, -0.2) is 22.1 Å². The van der Waals surface area contributed by atoms with Crippen LogP contribution < -0.4 is 14.6 Å². The van der Waals surface area contributed by atoms with Gasteiger partial charge in [0.15, 0.2) is 23.1 Å². The van der Waals surface area contributed by atoms with Gasteiger partial charge in [0.05, 0.1) is 12.0 Å². The first-order chi connectivity index (χ1) is 14.0. The molecule has 0 unspecified atom stereocenters. The zero-order chi connectivity index (χ0) is 20.8. The van der Waals surface area contributed by atoms with Crippen molar-refractivity contribution in [1.29, 1.82) is 0 Å². The van der Waals surface area contributed by atoms with Crippen molar-refractivity contribution in [2.45, 2.75) is 0 Å². The number of nitro benzene ring substituents is 1. The number of aliphatic hydroxyl groups is 1. The number of nitrogens with one attached hydrogen (secondary N) is 1. The van der Waals surface area contributed by atoms with E-state index >= 15 is 0 Å². The molecule has 0 saturated heterocycles. The van der Waals surface area contributed by atoms with Crippen LogP contribution in [0.25, 0.3) is 11.5 Å². The lowest BCUT2D eigenvalue weighted by Gasteiger charge is -2.11. The lowest BCUT2D eigenvalue weighted by atomic mass is 10.1. The first-order valence-corrected chi connectivity index (χ1v) is 9.00. The highest BCUT2D eigenvalue weighted by molar-refractivity contribution is 7.81. The zero-order valence-electron chi connectivity index (χ0n) is 15.5. The van der Waals surface area contributed by atoms with Gasteiger partial charge in [-0.2, -0.15) is 4.57 Å². The number of ether oxygens (including phenoxy) is 1. The summed E-state index contributed by atoms with van der Waals surface area (Å²) in [5, 5.41) is 24.9. The summed E-state index contributed by atoms with van der Waals surface area (Å²) in [6, 6.07) is 18.3. The number of nitrogens with zero attached hydrogens (tertiary/aromatic N) is 2. The van der Waals surface area contributed by atoms with Crippen molar-refractivity contribution >= 4 is 40.0 Å². The van der Waals surface area contributed by atoms with E-state index in [9.17, 15) is 15.2 Å². The van der Waals surface area contributed by atoms with Crippen LogP contribution in [0.5, 0.6) is 5.75 Å². The highest BCUT2D eigenvalue weighted by Gasteiger charge is 2.24. The molecule has 3 aromatic rings. The number of non-ortho nitro benzene ring substituents is 1. The topological polar surface area (TPSA) is 88.5 Å². The van der Waals surface area contributed by atoms with E-state index in [1.54, 1.807) is 42.3 Å². The summed E-state index contributed by atoms with van der Waals surface area (Å²) >= 11 is 5.56. The second-order valence-electron chi connectivity index (χ2n) is 5.97. The summed E-state index contributed by atoms with van der Waals surface area (Å²) in [7, 11) is 1.57. The summed E-state index contributed by atoms with van der Waals surface area (Å²) in [5.41, 5.74) is 1.36. The Bertz CT molecular complexity index is 1070. The SMILES string of the molecule is COc1cccc(NC(=S)/C(=C(\O)c2ccc([N+](=O)[O-])cc2)[n+]2ccccc2)c1. The standard InChI is InChI=1S/C21H17N3O4S/c1-28-18-7-5-6-16(14-18)22-21(29)19(23-12-3-2-4-13-23)20(25)15-8-10-17(11-9-15)24(26)27/h2-14H,1H3,(H-,22,25,29)/p+1. The monoisotopic (exact) mass is 408 g/mol. The average Bonchev–Trinajstić information content (AvgIpc) is 2.74. The smallest absolute Gasteiger partial charge is 0.288 e. The number of hydrogen-bond acceptors (Lipinski definition) is 5. The molecule has 0 spiro atoms. The van der Waals surface area contributed by atoms with E-state index < -0.39 is 4.92 Å². The largest absolute Gasteiger partial charge is 0.502 e.